The highest BCUT2D eigenvalue weighted by Crippen LogP contribution is 2.21. The number of carbonyl (C=O) groups is 1. The molecule has 1 aromatic heterocycles. The van der Waals surface area contributed by atoms with Crippen molar-refractivity contribution in [1.29, 1.82) is 0 Å². The quantitative estimate of drug-likeness (QED) is 0.883. The van der Waals surface area contributed by atoms with Gasteiger partial charge in [0, 0.05) is 5.92 Å². The fourth-order valence-electron chi connectivity index (χ4n) is 2.70. The molecule has 0 spiro atoms. The van der Waals surface area contributed by atoms with E-state index in [2.05, 4.69) is 27.6 Å². The topological polar surface area (TPSA) is 59.8 Å². The summed E-state index contributed by atoms with van der Waals surface area (Å²) in [4.78, 5) is 16.2. The third-order valence-electron chi connectivity index (χ3n) is 4.07. The van der Waals surface area contributed by atoms with E-state index in [1.165, 1.54) is 6.33 Å². The van der Waals surface area contributed by atoms with Crippen LogP contribution in [0.1, 0.15) is 37.8 Å². The van der Waals surface area contributed by atoms with Crippen molar-refractivity contribution >= 4 is 5.91 Å². The van der Waals surface area contributed by atoms with Gasteiger partial charge in [0.05, 0.1) is 11.7 Å². The van der Waals surface area contributed by atoms with E-state index in [1.807, 2.05) is 31.2 Å². The molecule has 1 heterocycles. The number of hydrogen-bond donors (Lipinski definition) is 1. The molecule has 5 nitrogen and oxygen atoms in total. The van der Waals surface area contributed by atoms with Crippen molar-refractivity contribution in [1.82, 2.24) is 20.1 Å². The van der Waals surface area contributed by atoms with Gasteiger partial charge < -0.3 is 5.32 Å². The number of amides is 1. The van der Waals surface area contributed by atoms with Crippen LogP contribution in [0.15, 0.2) is 49.1 Å². The van der Waals surface area contributed by atoms with Crippen LogP contribution in [-0.4, -0.2) is 20.7 Å². The van der Waals surface area contributed by atoms with E-state index < -0.39 is 0 Å². The number of hydrogen-bond acceptors (Lipinski definition) is 3. The zero-order valence-corrected chi connectivity index (χ0v) is 12.6. The minimum Gasteiger partial charge on any atom is -0.349 e. The first-order valence-corrected chi connectivity index (χ1v) is 7.64. The molecule has 1 aliphatic rings. The molecular formula is C17H20N4O. The molecule has 22 heavy (non-hydrogen) atoms. The average Bonchev–Trinajstić information content (AvgIpc) is 3.10. The van der Waals surface area contributed by atoms with Crippen LogP contribution in [0.4, 0.5) is 0 Å². The Bertz CT molecular complexity index is 646. The summed E-state index contributed by atoms with van der Waals surface area (Å²) in [6.45, 7) is 2.01. The molecule has 1 N–H and O–H groups in total. The van der Waals surface area contributed by atoms with Gasteiger partial charge in [-0.25, -0.2) is 9.67 Å². The molecule has 0 saturated carbocycles. The molecule has 0 unspecified atom stereocenters. The molecular weight excluding hydrogens is 276 g/mol. The third kappa shape index (κ3) is 3.24. The van der Waals surface area contributed by atoms with E-state index in [1.54, 1.807) is 11.0 Å². The predicted molar refractivity (Wildman–Crippen MR) is 84.4 cm³/mol. The number of nitrogens with zero attached hydrogens (tertiary/aromatic N) is 3. The smallest absolute Gasteiger partial charge is 0.223 e. The first kappa shape index (κ1) is 14.5. The van der Waals surface area contributed by atoms with Crippen molar-refractivity contribution in [3.8, 4) is 5.69 Å². The molecule has 0 bridgehead atoms. The van der Waals surface area contributed by atoms with E-state index in [0.717, 1.165) is 30.5 Å². The van der Waals surface area contributed by atoms with Gasteiger partial charge in [-0.3, -0.25) is 4.79 Å². The Kier molecular flexibility index (Phi) is 4.32. The molecule has 1 aromatic carbocycles. The third-order valence-corrected chi connectivity index (χ3v) is 4.07. The highest BCUT2D eigenvalue weighted by atomic mass is 16.1. The highest BCUT2D eigenvalue weighted by Gasteiger charge is 2.20. The molecule has 0 fully saturated rings. The number of rotatable bonds is 4. The first-order chi connectivity index (χ1) is 10.7. The Morgan fingerprint density at radius 2 is 2.14 bits per heavy atom. The number of allylic oxidation sites excluding steroid dienone is 2. The van der Waals surface area contributed by atoms with Gasteiger partial charge in [0.1, 0.15) is 12.7 Å². The van der Waals surface area contributed by atoms with Gasteiger partial charge in [0.15, 0.2) is 0 Å². The van der Waals surface area contributed by atoms with E-state index in [9.17, 15) is 4.79 Å². The Hall–Kier alpha value is -2.43. The normalized spacial score (nSPS) is 18.9. The van der Waals surface area contributed by atoms with Gasteiger partial charge in [-0.2, -0.15) is 5.10 Å². The van der Waals surface area contributed by atoms with Gasteiger partial charge in [-0.15, -0.1) is 0 Å². The summed E-state index contributed by atoms with van der Waals surface area (Å²) in [6.07, 6.45) is 10.2. The largest absolute Gasteiger partial charge is 0.349 e. The van der Waals surface area contributed by atoms with Gasteiger partial charge in [0.2, 0.25) is 5.91 Å². The lowest BCUT2D eigenvalue weighted by Crippen LogP contribution is -2.33. The van der Waals surface area contributed by atoms with Crippen LogP contribution in [0.25, 0.3) is 5.69 Å². The predicted octanol–water partition coefficient (Wildman–Crippen LogP) is 2.80. The van der Waals surface area contributed by atoms with Gasteiger partial charge in [-0.1, -0.05) is 24.3 Å². The Morgan fingerprint density at radius 1 is 1.32 bits per heavy atom. The summed E-state index contributed by atoms with van der Waals surface area (Å²) in [5.74, 6) is 0.263. The molecule has 1 aliphatic carbocycles. The SMILES string of the molecule is C[C@H](NC(=O)[C@H]1CC=CCC1)c1ccc(-n2cncn2)cc1. The first-order valence-electron chi connectivity index (χ1n) is 7.64. The summed E-state index contributed by atoms with van der Waals surface area (Å²) in [7, 11) is 0. The van der Waals surface area contributed by atoms with Crippen molar-refractivity contribution in [2.24, 2.45) is 5.92 Å². The van der Waals surface area contributed by atoms with Gasteiger partial charge in [-0.05, 0) is 43.9 Å². The summed E-state index contributed by atoms with van der Waals surface area (Å²) < 4.78 is 1.71. The molecule has 2 atom stereocenters. The van der Waals surface area contributed by atoms with E-state index in [-0.39, 0.29) is 17.9 Å². The molecule has 1 amide bonds. The van der Waals surface area contributed by atoms with Crippen LogP contribution in [0.5, 0.6) is 0 Å². The maximum Gasteiger partial charge on any atom is 0.223 e. The van der Waals surface area contributed by atoms with Crippen LogP contribution in [0.2, 0.25) is 0 Å². The molecule has 5 heteroatoms. The molecule has 0 saturated heterocycles. The lowest BCUT2D eigenvalue weighted by atomic mass is 9.93. The fourth-order valence-corrected chi connectivity index (χ4v) is 2.70. The van der Waals surface area contributed by atoms with Crippen molar-refractivity contribution in [3.63, 3.8) is 0 Å². The van der Waals surface area contributed by atoms with Crippen LogP contribution in [0, 0.1) is 5.92 Å². The minimum atomic E-state index is 0.00297. The van der Waals surface area contributed by atoms with E-state index >= 15 is 0 Å². The van der Waals surface area contributed by atoms with Crippen molar-refractivity contribution < 1.29 is 4.79 Å². The van der Waals surface area contributed by atoms with E-state index in [4.69, 9.17) is 0 Å². The van der Waals surface area contributed by atoms with Crippen molar-refractivity contribution in [2.45, 2.75) is 32.2 Å². The zero-order chi connectivity index (χ0) is 15.4. The number of nitrogens with one attached hydrogen (secondary N) is 1. The lowest BCUT2D eigenvalue weighted by molar-refractivity contribution is -0.125. The highest BCUT2D eigenvalue weighted by molar-refractivity contribution is 5.79. The molecule has 2 aromatic rings. The Balaban J connectivity index is 1.63. The Morgan fingerprint density at radius 3 is 2.77 bits per heavy atom. The van der Waals surface area contributed by atoms with Gasteiger partial charge >= 0.3 is 0 Å². The summed E-state index contributed by atoms with van der Waals surface area (Å²) in [5.41, 5.74) is 2.04. The standard InChI is InChI=1S/C17H20N4O/c1-13(20-17(22)15-5-3-2-4-6-15)14-7-9-16(10-8-14)21-12-18-11-19-21/h2-3,7-13,15H,4-6H2,1H3,(H,20,22)/t13-,15-/m0/s1. The summed E-state index contributed by atoms with van der Waals surface area (Å²) in [5, 5.41) is 7.21. The average molecular weight is 296 g/mol. The maximum atomic E-state index is 12.3. The molecule has 0 radical (unpaired) electrons. The summed E-state index contributed by atoms with van der Waals surface area (Å²) in [6, 6.07) is 8.00. The zero-order valence-electron chi connectivity index (χ0n) is 12.6. The Labute approximate surface area is 130 Å². The second-order valence-electron chi connectivity index (χ2n) is 5.64. The van der Waals surface area contributed by atoms with E-state index in [0.29, 0.717) is 0 Å². The molecule has 114 valence electrons. The van der Waals surface area contributed by atoms with Crippen LogP contribution in [0.3, 0.4) is 0 Å². The second kappa shape index (κ2) is 6.56. The molecule has 3 rings (SSSR count). The van der Waals surface area contributed by atoms with Crippen LogP contribution in [-0.2, 0) is 4.79 Å². The lowest BCUT2D eigenvalue weighted by Gasteiger charge is -2.21. The van der Waals surface area contributed by atoms with Crippen LogP contribution < -0.4 is 5.32 Å². The second-order valence-corrected chi connectivity index (χ2v) is 5.64. The fraction of sp³-hybridized carbons (Fsp3) is 0.353. The van der Waals surface area contributed by atoms with Crippen molar-refractivity contribution in [3.05, 3.63) is 54.6 Å². The number of benzene rings is 1. The maximum absolute atomic E-state index is 12.3. The van der Waals surface area contributed by atoms with Crippen molar-refractivity contribution in [2.75, 3.05) is 0 Å². The van der Waals surface area contributed by atoms with Gasteiger partial charge in [0.25, 0.3) is 0 Å². The minimum absolute atomic E-state index is 0.00297. The summed E-state index contributed by atoms with van der Waals surface area (Å²) >= 11 is 0. The molecule has 0 aliphatic heterocycles. The number of aromatic nitrogens is 3. The monoisotopic (exact) mass is 296 g/mol. The number of carbonyl (C=O) groups excluding carboxylic acids is 1. The van der Waals surface area contributed by atoms with Crippen LogP contribution >= 0.6 is 0 Å².